The van der Waals surface area contributed by atoms with Crippen molar-refractivity contribution in [1.29, 1.82) is 0 Å². The van der Waals surface area contributed by atoms with Crippen molar-refractivity contribution < 1.29 is 9.59 Å². The fourth-order valence-corrected chi connectivity index (χ4v) is 4.50. The summed E-state index contributed by atoms with van der Waals surface area (Å²) in [6.07, 6.45) is 1.70. The molecule has 3 rings (SSSR count). The molecular formula is C23H22BrCl2N5O2S. The molecule has 0 aliphatic rings. The zero-order valence-corrected chi connectivity index (χ0v) is 22.4. The largest absolute Gasteiger partial charge is 0.345 e. The Bertz CT molecular complexity index is 1250. The fourth-order valence-electron chi connectivity index (χ4n) is 3.01. The monoisotopic (exact) mass is 581 g/mol. The van der Waals surface area contributed by atoms with Crippen molar-refractivity contribution >= 4 is 68.4 Å². The molecule has 1 aromatic heterocycles. The van der Waals surface area contributed by atoms with Crippen LogP contribution in [0, 0.1) is 13.8 Å². The first-order chi connectivity index (χ1) is 16.2. The quantitative estimate of drug-likeness (QED) is 0.245. The molecule has 0 saturated heterocycles. The lowest BCUT2D eigenvalue weighted by atomic mass is 10.1. The van der Waals surface area contributed by atoms with Crippen LogP contribution in [0.25, 0.3) is 0 Å². The number of aromatic nitrogens is 3. The summed E-state index contributed by atoms with van der Waals surface area (Å²) < 4.78 is 2.79. The first kappa shape index (κ1) is 26.3. The van der Waals surface area contributed by atoms with Crippen molar-refractivity contribution in [2.24, 2.45) is 0 Å². The topological polar surface area (TPSA) is 88.9 Å². The van der Waals surface area contributed by atoms with Gasteiger partial charge in [-0.3, -0.25) is 9.59 Å². The predicted molar refractivity (Wildman–Crippen MR) is 141 cm³/mol. The van der Waals surface area contributed by atoms with Gasteiger partial charge in [0.2, 0.25) is 5.91 Å². The molecule has 0 aliphatic carbocycles. The van der Waals surface area contributed by atoms with Crippen molar-refractivity contribution in [2.45, 2.75) is 32.1 Å². The van der Waals surface area contributed by atoms with Crippen LogP contribution in [0.1, 0.15) is 27.3 Å². The molecule has 2 N–H and O–H groups in total. The summed E-state index contributed by atoms with van der Waals surface area (Å²) in [4.78, 5) is 25.0. The number of carbonyl (C=O) groups excluding carboxylic acids is 2. The number of carbonyl (C=O) groups is 2. The van der Waals surface area contributed by atoms with E-state index in [1.165, 1.54) is 17.8 Å². The van der Waals surface area contributed by atoms with E-state index < -0.39 is 0 Å². The molecule has 2 amide bonds. The fraction of sp³-hybridized carbons (Fsp3) is 0.217. The normalized spacial score (nSPS) is 10.7. The van der Waals surface area contributed by atoms with Gasteiger partial charge in [-0.25, -0.2) is 0 Å². The molecule has 0 bridgehead atoms. The number of thioether (sulfide) groups is 1. The van der Waals surface area contributed by atoms with Crippen LogP contribution in [0.3, 0.4) is 0 Å². The Kier molecular flexibility index (Phi) is 9.18. The van der Waals surface area contributed by atoms with E-state index in [4.69, 9.17) is 23.2 Å². The molecule has 0 radical (unpaired) electrons. The average molecular weight is 583 g/mol. The van der Waals surface area contributed by atoms with Gasteiger partial charge in [-0.15, -0.1) is 16.8 Å². The lowest BCUT2D eigenvalue weighted by molar-refractivity contribution is -0.113. The Hall–Kier alpha value is -2.33. The second kappa shape index (κ2) is 11.9. The van der Waals surface area contributed by atoms with Crippen LogP contribution >= 0.6 is 50.9 Å². The molecule has 178 valence electrons. The first-order valence-electron chi connectivity index (χ1n) is 10.2. The molecular weight excluding hydrogens is 561 g/mol. The maximum absolute atomic E-state index is 12.5. The van der Waals surface area contributed by atoms with Crippen LogP contribution in [-0.2, 0) is 17.9 Å². The number of nitrogens with one attached hydrogen (secondary N) is 2. The Morgan fingerprint density at radius 2 is 1.91 bits per heavy atom. The zero-order chi connectivity index (χ0) is 24.8. The number of amides is 2. The zero-order valence-electron chi connectivity index (χ0n) is 18.5. The van der Waals surface area contributed by atoms with Gasteiger partial charge in [0.1, 0.15) is 0 Å². The molecule has 0 aliphatic heterocycles. The van der Waals surface area contributed by atoms with E-state index in [0.717, 1.165) is 21.3 Å². The third-order valence-electron chi connectivity index (χ3n) is 5.02. The van der Waals surface area contributed by atoms with Gasteiger partial charge in [0.15, 0.2) is 11.0 Å². The maximum atomic E-state index is 12.5. The Morgan fingerprint density at radius 1 is 1.15 bits per heavy atom. The van der Waals surface area contributed by atoms with E-state index in [9.17, 15) is 9.59 Å². The summed E-state index contributed by atoms with van der Waals surface area (Å²) in [7, 11) is 0. The van der Waals surface area contributed by atoms with Crippen LogP contribution in [0.15, 0.2) is 52.6 Å². The summed E-state index contributed by atoms with van der Waals surface area (Å²) in [6.45, 7) is 8.29. The summed E-state index contributed by atoms with van der Waals surface area (Å²) in [5.74, 6) is 0.216. The molecule has 0 spiro atoms. The average Bonchev–Trinajstić information content (AvgIpc) is 3.20. The van der Waals surface area contributed by atoms with E-state index in [1.807, 2.05) is 26.0 Å². The molecule has 11 heteroatoms. The van der Waals surface area contributed by atoms with Crippen molar-refractivity contribution in [3.05, 3.63) is 80.0 Å². The summed E-state index contributed by atoms with van der Waals surface area (Å²) in [6, 6.07) is 8.43. The Labute approximate surface area is 220 Å². The van der Waals surface area contributed by atoms with Crippen molar-refractivity contribution in [3.63, 3.8) is 0 Å². The highest BCUT2D eigenvalue weighted by molar-refractivity contribution is 9.10. The molecule has 7 nitrogen and oxygen atoms in total. The van der Waals surface area contributed by atoms with Gasteiger partial charge in [-0.05, 0) is 55.3 Å². The van der Waals surface area contributed by atoms with Crippen molar-refractivity contribution in [1.82, 2.24) is 20.1 Å². The minimum Gasteiger partial charge on any atom is -0.345 e. The van der Waals surface area contributed by atoms with Crippen molar-refractivity contribution in [3.8, 4) is 0 Å². The lowest BCUT2D eigenvalue weighted by Crippen LogP contribution is -2.25. The molecule has 0 unspecified atom stereocenters. The van der Waals surface area contributed by atoms with Gasteiger partial charge >= 0.3 is 0 Å². The first-order valence-corrected chi connectivity index (χ1v) is 12.7. The summed E-state index contributed by atoms with van der Waals surface area (Å²) in [5.41, 5.74) is 3.23. The van der Waals surface area contributed by atoms with E-state index >= 15 is 0 Å². The molecule has 0 saturated carbocycles. The van der Waals surface area contributed by atoms with E-state index in [2.05, 4.69) is 43.3 Å². The van der Waals surface area contributed by atoms with Crippen LogP contribution in [-0.4, -0.2) is 32.3 Å². The van der Waals surface area contributed by atoms with Gasteiger partial charge in [-0.1, -0.05) is 57.0 Å². The highest BCUT2D eigenvalue weighted by Crippen LogP contribution is 2.26. The molecule has 1 heterocycles. The van der Waals surface area contributed by atoms with Gasteiger partial charge in [-0.2, -0.15) is 0 Å². The Balaban J connectivity index is 1.63. The van der Waals surface area contributed by atoms with Gasteiger partial charge < -0.3 is 15.2 Å². The number of nitrogens with zero attached hydrogens (tertiary/aromatic N) is 3. The molecule has 3 aromatic rings. The third-order valence-corrected chi connectivity index (χ3v) is 7.59. The minimum atomic E-state index is -0.319. The second-order valence-corrected chi connectivity index (χ2v) is 9.90. The second-order valence-electron chi connectivity index (χ2n) is 7.29. The number of halogens is 3. The number of rotatable bonds is 9. The van der Waals surface area contributed by atoms with Crippen molar-refractivity contribution in [2.75, 3.05) is 11.1 Å². The number of hydrogen-bond donors (Lipinski definition) is 2. The SMILES string of the molecule is C=CCn1c(CNC(=O)c2ccc(Cl)c(Cl)c2)nnc1SCC(=O)Nc1ccc(Br)c(C)c1C. The molecule has 0 fully saturated rings. The Morgan fingerprint density at radius 3 is 2.62 bits per heavy atom. The standard InChI is InChI=1S/C23H22BrCl2N5O2S/c1-4-9-31-20(11-27-22(33)15-5-7-17(25)18(26)10-15)29-30-23(31)34-12-21(32)28-19-8-6-16(24)13(2)14(19)3/h4-8,10H,1,9,11-12H2,2-3H3,(H,27,33)(H,28,32). The van der Waals surface area contributed by atoms with Crippen LogP contribution < -0.4 is 10.6 Å². The highest BCUT2D eigenvalue weighted by atomic mass is 79.9. The smallest absolute Gasteiger partial charge is 0.251 e. The van der Waals surface area contributed by atoms with E-state index in [1.54, 1.807) is 22.8 Å². The number of allylic oxidation sites excluding steroid dienone is 1. The van der Waals surface area contributed by atoms with Gasteiger partial charge in [0.05, 0.1) is 22.3 Å². The molecule has 0 atom stereocenters. The summed E-state index contributed by atoms with van der Waals surface area (Å²) in [5, 5.41) is 15.3. The van der Waals surface area contributed by atoms with Gasteiger partial charge in [0, 0.05) is 22.3 Å². The predicted octanol–water partition coefficient (Wildman–Crippen LogP) is 5.81. The molecule has 2 aromatic carbocycles. The summed E-state index contributed by atoms with van der Waals surface area (Å²) >= 11 is 16.7. The lowest BCUT2D eigenvalue weighted by Gasteiger charge is -2.12. The number of anilines is 1. The third kappa shape index (κ3) is 6.41. The van der Waals surface area contributed by atoms with Crippen LogP contribution in [0.2, 0.25) is 10.0 Å². The van der Waals surface area contributed by atoms with E-state index in [0.29, 0.717) is 33.1 Å². The number of benzene rings is 2. The highest BCUT2D eigenvalue weighted by Gasteiger charge is 2.16. The van der Waals surface area contributed by atoms with Crippen LogP contribution in [0.4, 0.5) is 5.69 Å². The van der Waals surface area contributed by atoms with E-state index in [-0.39, 0.29) is 24.1 Å². The minimum absolute atomic E-state index is 0.143. The maximum Gasteiger partial charge on any atom is 0.251 e. The van der Waals surface area contributed by atoms with Gasteiger partial charge in [0.25, 0.3) is 5.91 Å². The number of hydrogen-bond acceptors (Lipinski definition) is 5. The molecule has 34 heavy (non-hydrogen) atoms. The van der Waals surface area contributed by atoms with Crippen LogP contribution in [0.5, 0.6) is 0 Å².